The van der Waals surface area contributed by atoms with Gasteiger partial charge in [0.2, 0.25) is 5.91 Å². The van der Waals surface area contributed by atoms with Crippen LogP contribution in [-0.2, 0) is 11.2 Å². The van der Waals surface area contributed by atoms with Gasteiger partial charge in [-0.3, -0.25) is 4.79 Å². The third kappa shape index (κ3) is 3.75. The Kier molecular flexibility index (Phi) is 5.33. The molecule has 0 aliphatic carbocycles. The fourth-order valence-corrected chi connectivity index (χ4v) is 3.10. The molecule has 0 saturated heterocycles. The third-order valence-electron chi connectivity index (χ3n) is 4.50. The van der Waals surface area contributed by atoms with E-state index in [0.717, 1.165) is 27.7 Å². The SMILES string of the molecule is CN(CCC#N)C(=O)CCc1c(-c2ccccc2)[nH]c2ccc(F)cc12. The van der Waals surface area contributed by atoms with Gasteiger partial charge in [-0.25, -0.2) is 4.39 Å². The standard InChI is InChI=1S/C21H20FN3O/c1-25(13-5-12-23)20(26)11-9-17-18-14-16(22)8-10-19(18)24-21(17)15-6-3-2-4-7-15/h2-4,6-8,10,14,24H,5,9,11,13H2,1H3. The molecule has 4 nitrogen and oxygen atoms in total. The molecule has 0 unspecified atom stereocenters. The van der Waals surface area contributed by atoms with E-state index in [-0.39, 0.29) is 11.7 Å². The van der Waals surface area contributed by atoms with Gasteiger partial charge >= 0.3 is 0 Å². The maximum Gasteiger partial charge on any atom is 0.222 e. The third-order valence-corrected chi connectivity index (χ3v) is 4.50. The smallest absolute Gasteiger partial charge is 0.222 e. The zero-order chi connectivity index (χ0) is 18.5. The lowest BCUT2D eigenvalue weighted by atomic mass is 10.0. The molecule has 0 radical (unpaired) electrons. The van der Waals surface area contributed by atoms with Gasteiger partial charge < -0.3 is 9.88 Å². The van der Waals surface area contributed by atoms with Crippen LogP contribution >= 0.6 is 0 Å². The molecule has 1 aromatic heterocycles. The van der Waals surface area contributed by atoms with Crippen molar-refractivity contribution in [1.82, 2.24) is 9.88 Å². The molecule has 1 amide bonds. The van der Waals surface area contributed by atoms with Crippen molar-refractivity contribution in [2.24, 2.45) is 0 Å². The van der Waals surface area contributed by atoms with Crippen molar-refractivity contribution in [3.8, 4) is 17.3 Å². The minimum atomic E-state index is -0.296. The molecule has 1 heterocycles. The predicted octanol–water partition coefficient (Wildman–Crippen LogP) is 4.28. The van der Waals surface area contributed by atoms with Crippen molar-refractivity contribution in [2.75, 3.05) is 13.6 Å². The number of amides is 1. The molecule has 0 atom stereocenters. The van der Waals surface area contributed by atoms with E-state index < -0.39 is 0 Å². The van der Waals surface area contributed by atoms with Gasteiger partial charge in [0.15, 0.2) is 0 Å². The highest BCUT2D eigenvalue weighted by atomic mass is 19.1. The van der Waals surface area contributed by atoms with E-state index in [2.05, 4.69) is 4.98 Å². The molecular weight excluding hydrogens is 329 g/mol. The second kappa shape index (κ2) is 7.83. The highest BCUT2D eigenvalue weighted by molar-refractivity contribution is 5.91. The van der Waals surface area contributed by atoms with Crippen molar-refractivity contribution < 1.29 is 9.18 Å². The summed E-state index contributed by atoms with van der Waals surface area (Å²) >= 11 is 0. The summed E-state index contributed by atoms with van der Waals surface area (Å²) in [5.74, 6) is -0.320. The lowest BCUT2D eigenvalue weighted by Gasteiger charge is -2.15. The number of carbonyl (C=O) groups is 1. The topological polar surface area (TPSA) is 59.9 Å². The Hall–Kier alpha value is -3.13. The maximum absolute atomic E-state index is 13.8. The van der Waals surface area contributed by atoms with Crippen molar-refractivity contribution in [2.45, 2.75) is 19.3 Å². The number of halogens is 1. The summed E-state index contributed by atoms with van der Waals surface area (Å²) in [6.45, 7) is 0.420. The van der Waals surface area contributed by atoms with Gasteiger partial charge in [0.05, 0.1) is 12.5 Å². The van der Waals surface area contributed by atoms with E-state index in [9.17, 15) is 9.18 Å². The number of rotatable bonds is 6. The van der Waals surface area contributed by atoms with Crippen LogP contribution in [0.25, 0.3) is 22.2 Å². The molecule has 26 heavy (non-hydrogen) atoms. The van der Waals surface area contributed by atoms with Gasteiger partial charge in [0.25, 0.3) is 0 Å². The summed E-state index contributed by atoms with van der Waals surface area (Å²) in [6.07, 6.45) is 1.13. The van der Waals surface area contributed by atoms with Gasteiger partial charge in [-0.2, -0.15) is 5.26 Å². The number of fused-ring (bicyclic) bond motifs is 1. The molecule has 132 valence electrons. The Bertz CT molecular complexity index is 957. The maximum atomic E-state index is 13.8. The number of nitrogens with zero attached hydrogens (tertiary/aromatic N) is 2. The Labute approximate surface area is 151 Å². The Morgan fingerprint density at radius 3 is 2.73 bits per heavy atom. The lowest BCUT2D eigenvalue weighted by Crippen LogP contribution is -2.27. The summed E-state index contributed by atoms with van der Waals surface area (Å²) < 4.78 is 13.8. The Morgan fingerprint density at radius 2 is 2.00 bits per heavy atom. The molecule has 2 aromatic carbocycles. The van der Waals surface area contributed by atoms with E-state index >= 15 is 0 Å². The van der Waals surface area contributed by atoms with Crippen molar-refractivity contribution in [3.05, 3.63) is 59.9 Å². The number of H-pyrrole nitrogens is 1. The molecule has 0 saturated carbocycles. The first-order valence-electron chi connectivity index (χ1n) is 8.56. The summed E-state index contributed by atoms with van der Waals surface area (Å²) in [4.78, 5) is 17.3. The van der Waals surface area contributed by atoms with Crippen molar-refractivity contribution >= 4 is 16.8 Å². The first-order valence-corrected chi connectivity index (χ1v) is 8.56. The minimum absolute atomic E-state index is 0.0231. The summed E-state index contributed by atoms with van der Waals surface area (Å²) in [5, 5.41) is 9.46. The number of hydrogen-bond donors (Lipinski definition) is 1. The van der Waals surface area contributed by atoms with Crippen LogP contribution in [0.3, 0.4) is 0 Å². The number of benzene rings is 2. The van der Waals surface area contributed by atoms with Crippen LogP contribution in [0.2, 0.25) is 0 Å². The average Bonchev–Trinajstić information content (AvgIpc) is 3.02. The van der Waals surface area contributed by atoms with Crippen molar-refractivity contribution in [1.29, 1.82) is 5.26 Å². The minimum Gasteiger partial charge on any atom is -0.354 e. The molecule has 0 aliphatic heterocycles. The zero-order valence-electron chi connectivity index (χ0n) is 14.6. The van der Waals surface area contributed by atoms with Gasteiger partial charge in [0.1, 0.15) is 5.82 Å². The number of aryl methyl sites for hydroxylation is 1. The van der Waals surface area contributed by atoms with Crippen LogP contribution in [0.1, 0.15) is 18.4 Å². The molecule has 0 fully saturated rings. The Balaban J connectivity index is 1.92. The lowest BCUT2D eigenvalue weighted by molar-refractivity contribution is -0.129. The fourth-order valence-electron chi connectivity index (χ4n) is 3.10. The first kappa shape index (κ1) is 17.7. The van der Waals surface area contributed by atoms with Gasteiger partial charge in [-0.1, -0.05) is 30.3 Å². The average molecular weight is 349 g/mol. The first-order chi connectivity index (χ1) is 12.6. The number of aromatic amines is 1. The number of hydrogen-bond acceptors (Lipinski definition) is 2. The van der Waals surface area contributed by atoms with Crippen LogP contribution < -0.4 is 0 Å². The van der Waals surface area contributed by atoms with E-state index in [1.165, 1.54) is 12.1 Å². The van der Waals surface area contributed by atoms with Crippen LogP contribution in [0.5, 0.6) is 0 Å². The number of nitriles is 1. The fraction of sp³-hybridized carbons (Fsp3) is 0.238. The zero-order valence-corrected chi connectivity index (χ0v) is 14.6. The van der Waals surface area contributed by atoms with Gasteiger partial charge in [-0.15, -0.1) is 0 Å². The van der Waals surface area contributed by atoms with Gasteiger partial charge in [0, 0.05) is 36.6 Å². The van der Waals surface area contributed by atoms with E-state index in [0.29, 0.717) is 25.8 Å². The monoisotopic (exact) mass is 349 g/mol. The highest BCUT2D eigenvalue weighted by Crippen LogP contribution is 2.31. The summed E-state index contributed by atoms with van der Waals surface area (Å²) in [5.41, 5.74) is 3.71. The largest absolute Gasteiger partial charge is 0.354 e. The van der Waals surface area contributed by atoms with E-state index in [1.807, 2.05) is 36.4 Å². The van der Waals surface area contributed by atoms with Gasteiger partial charge in [-0.05, 0) is 35.7 Å². The molecule has 0 spiro atoms. The van der Waals surface area contributed by atoms with Crippen molar-refractivity contribution in [3.63, 3.8) is 0 Å². The summed E-state index contributed by atoms with van der Waals surface area (Å²) in [7, 11) is 1.70. The second-order valence-electron chi connectivity index (χ2n) is 6.26. The quantitative estimate of drug-likeness (QED) is 0.722. The molecule has 0 bridgehead atoms. The van der Waals surface area contributed by atoms with Crippen LogP contribution in [0.15, 0.2) is 48.5 Å². The molecule has 3 rings (SSSR count). The molecule has 0 aliphatic rings. The summed E-state index contributed by atoms with van der Waals surface area (Å²) in [6, 6.07) is 16.5. The normalized spacial score (nSPS) is 10.7. The number of aromatic nitrogens is 1. The number of carbonyl (C=O) groups excluding carboxylic acids is 1. The van der Waals surface area contributed by atoms with Crippen LogP contribution in [-0.4, -0.2) is 29.4 Å². The molecule has 1 N–H and O–H groups in total. The van der Waals surface area contributed by atoms with E-state index in [4.69, 9.17) is 5.26 Å². The van der Waals surface area contributed by atoms with Crippen LogP contribution in [0, 0.1) is 17.1 Å². The highest BCUT2D eigenvalue weighted by Gasteiger charge is 2.16. The molecular formula is C21H20FN3O. The molecule has 3 aromatic rings. The van der Waals surface area contributed by atoms with Crippen LogP contribution in [0.4, 0.5) is 4.39 Å². The second-order valence-corrected chi connectivity index (χ2v) is 6.26. The number of nitrogens with one attached hydrogen (secondary N) is 1. The predicted molar refractivity (Wildman–Crippen MR) is 99.9 cm³/mol. The Morgan fingerprint density at radius 1 is 1.23 bits per heavy atom. The van der Waals surface area contributed by atoms with E-state index in [1.54, 1.807) is 18.0 Å². The molecule has 5 heteroatoms.